The average molecular weight is 596 g/mol. The van der Waals surface area contributed by atoms with Gasteiger partial charge in [0, 0.05) is 13.0 Å². The zero-order chi connectivity index (χ0) is 27.5. The van der Waals surface area contributed by atoms with E-state index in [1.54, 1.807) is 0 Å². The van der Waals surface area contributed by atoms with E-state index in [9.17, 15) is 23.9 Å². The van der Waals surface area contributed by atoms with Crippen LogP contribution in [-0.4, -0.2) is 44.8 Å². The summed E-state index contributed by atoms with van der Waals surface area (Å²) in [7, 11) is -5.12. The van der Waals surface area contributed by atoms with Gasteiger partial charge in [-0.05, 0) is 25.8 Å². The third-order valence-electron chi connectivity index (χ3n) is 6.26. The fourth-order valence-electron chi connectivity index (χ4n) is 4.12. The number of rotatable bonds is 29. The second-order valence-electron chi connectivity index (χ2n) is 9.79. The van der Waals surface area contributed by atoms with Gasteiger partial charge in [0.2, 0.25) is 0 Å². The van der Waals surface area contributed by atoms with Crippen molar-refractivity contribution in [1.29, 1.82) is 0 Å². The zero-order valence-electron chi connectivity index (χ0n) is 25.1. The molecule has 0 aromatic rings. The molecule has 12 heteroatoms. The third kappa shape index (κ3) is 37.0. The number of hydrogen-bond acceptors (Lipinski definition) is 9. The molecular formula is C27H52NNa2O8P. The van der Waals surface area contributed by atoms with Gasteiger partial charge in [-0.3, -0.25) is 9.59 Å². The van der Waals surface area contributed by atoms with E-state index in [-0.39, 0.29) is 78.0 Å². The van der Waals surface area contributed by atoms with Crippen molar-refractivity contribution in [2.45, 2.75) is 135 Å². The van der Waals surface area contributed by atoms with Gasteiger partial charge in [0.25, 0.3) is 6.47 Å². The van der Waals surface area contributed by atoms with E-state index in [1.165, 1.54) is 64.2 Å². The molecular weight excluding hydrogens is 543 g/mol. The summed E-state index contributed by atoms with van der Waals surface area (Å²) < 4.78 is 25.3. The Kier molecular flexibility index (Phi) is 38.2. The van der Waals surface area contributed by atoms with E-state index in [4.69, 9.17) is 4.74 Å². The number of esters is 1. The summed E-state index contributed by atoms with van der Waals surface area (Å²) in [6.45, 7) is 3.73. The first-order chi connectivity index (χ1) is 17.9. The second-order valence-corrected chi connectivity index (χ2v) is 10.9. The Labute approximate surface area is 281 Å². The maximum Gasteiger partial charge on any atom is 1.00 e. The Morgan fingerprint density at radius 1 is 0.795 bits per heavy atom. The summed E-state index contributed by atoms with van der Waals surface area (Å²) in [5.41, 5.74) is 0. The van der Waals surface area contributed by atoms with Crippen molar-refractivity contribution in [1.82, 2.24) is 5.32 Å². The van der Waals surface area contributed by atoms with Crippen molar-refractivity contribution in [2.75, 3.05) is 26.3 Å². The van der Waals surface area contributed by atoms with Gasteiger partial charge >= 0.3 is 65.1 Å². The average Bonchev–Trinajstić information content (AvgIpc) is 2.85. The van der Waals surface area contributed by atoms with Crippen LogP contribution in [0.2, 0.25) is 0 Å². The second kappa shape index (κ2) is 33.5. The molecule has 0 saturated carbocycles. The molecule has 0 aliphatic carbocycles. The Morgan fingerprint density at radius 2 is 1.28 bits per heavy atom. The fourth-order valence-corrected chi connectivity index (χ4v) is 4.47. The molecule has 0 spiro atoms. The molecule has 0 aromatic heterocycles. The molecule has 0 rings (SSSR count). The number of phosphoric acid groups is 1. The quantitative estimate of drug-likeness (QED) is 0.0378. The van der Waals surface area contributed by atoms with Gasteiger partial charge in [0.15, 0.2) is 0 Å². The Morgan fingerprint density at radius 3 is 1.79 bits per heavy atom. The first-order valence-electron chi connectivity index (χ1n) is 14.5. The molecule has 9 nitrogen and oxygen atoms in total. The molecule has 0 fully saturated rings. The van der Waals surface area contributed by atoms with Crippen LogP contribution in [0.3, 0.4) is 0 Å². The van der Waals surface area contributed by atoms with Crippen LogP contribution >= 0.6 is 7.82 Å². The molecule has 220 valence electrons. The number of ether oxygens (including phenoxy) is 2. The van der Waals surface area contributed by atoms with E-state index in [0.717, 1.165) is 57.9 Å². The molecule has 0 radical (unpaired) electrons. The van der Waals surface area contributed by atoms with Crippen molar-refractivity contribution in [3.8, 4) is 0 Å². The summed E-state index contributed by atoms with van der Waals surface area (Å²) >= 11 is 0. The van der Waals surface area contributed by atoms with Crippen LogP contribution in [0.5, 0.6) is 0 Å². The SMILES string of the molecule is CCCCCCCCCCC(=O)O[C@@H](CNCCCCCCCCCCCCOC=O)COP(=O)([O-])[O-].[Na+].[Na+]. The van der Waals surface area contributed by atoms with Gasteiger partial charge < -0.3 is 33.7 Å². The minimum Gasteiger partial charge on any atom is -0.790 e. The molecule has 0 aromatic carbocycles. The Bertz CT molecular complexity index is 584. The molecule has 39 heavy (non-hydrogen) atoms. The number of carbonyl (C=O) groups excluding carboxylic acids is 2. The Balaban J connectivity index is -0.00000648. The maximum absolute atomic E-state index is 12.2. The molecule has 1 N–H and O–H groups in total. The smallest absolute Gasteiger partial charge is 0.790 e. The molecule has 0 heterocycles. The van der Waals surface area contributed by atoms with E-state index in [0.29, 0.717) is 13.1 Å². The fraction of sp³-hybridized carbons (Fsp3) is 0.926. The molecule has 0 amide bonds. The van der Waals surface area contributed by atoms with Crippen molar-refractivity contribution < 1.29 is 97.1 Å². The normalized spacial score (nSPS) is 11.8. The first-order valence-corrected chi connectivity index (χ1v) is 16.0. The summed E-state index contributed by atoms with van der Waals surface area (Å²) in [6, 6.07) is 0. The summed E-state index contributed by atoms with van der Waals surface area (Å²) in [4.78, 5) is 43.9. The largest absolute Gasteiger partial charge is 1.00 e. The van der Waals surface area contributed by atoms with Gasteiger partial charge in [-0.15, -0.1) is 0 Å². The number of nitrogens with one attached hydrogen (secondary N) is 1. The van der Waals surface area contributed by atoms with E-state index >= 15 is 0 Å². The van der Waals surface area contributed by atoms with Crippen molar-refractivity contribution in [2.24, 2.45) is 0 Å². The molecule has 0 bridgehead atoms. The summed E-state index contributed by atoms with van der Waals surface area (Å²) in [5.74, 6) is -0.387. The van der Waals surface area contributed by atoms with Crippen LogP contribution in [-0.2, 0) is 28.2 Å². The minimum absolute atomic E-state index is 0. The summed E-state index contributed by atoms with van der Waals surface area (Å²) in [5, 5.41) is 3.18. The van der Waals surface area contributed by atoms with Gasteiger partial charge in [-0.25, -0.2) is 0 Å². The third-order valence-corrected chi connectivity index (χ3v) is 6.72. The van der Waals surface area contributed by atoms with Gasteiger partial charge in [-0.1, -0.05) is 103 Å². The monoisotopic (exact) mass is 595 g/mol. The molecule has 0 saturated heterocycles. The van der Waals surface area contributed by atoms with Crippen LogP contribution in [0.4, 0.5) is 0 Å². The van der Waals surface area contributed by atoms with Crippen molar-refractivity contribution in [3.05, 3.63) is 0 Å². The standard InChI is InChI=1S/C27H54NO8P.2Na/c1-2-3-4-5-6-11-14-17-20-27(30)36-26(24-35-37(31,32)33)23-28-21-18-15-12-9-7-8-10-13-16-19-22-34-25-29;;/h25-26,28H,2-24H2,1H3,(H2,31,32,33);;/q;2*+1/p-2/t26-;;/m0../s1. The molecule has 1 atom stereocenters. The molecule has 0 unspecified atom stereocenters. The molecule has 0 aliphatic heterocycles. The topological polar surface area (TPSA) is 137 Å². The van der Waals surface area contributed by atoms with Gasteiger partial charge in [-0.2, -0.15) is 0 Å². The number of phosphoric ester groups is 1. The van der Waals surface area contributed by atoms with Crippen LogP contribution < -0.4 is 74.2 Å². The predicted molar refractivity (Wildman–Crippen MR) is 142 cm³/mol. The number of hydrogen-bond donors (Lipinski definition) is 1. The maximum atomic E-state index is 12.2. The van der Waals surface area contributed by atoms with E-state index < -0.39 is 20.5 Å². The predicted octanol–water partition coefficient (Wildman–Crippen LogP) is -1.05. The van der Waals surface area contributed by atoms with Crippen LogP contribution in [0.1, 0.15) is 129 Å². The first kappa shape index (κ1) is 44.5. The van der Waals surface area contributed by atoms with Crippen LogP contribution in [0, 0.1) is 0 Å². The van der Waals surface area contributed by atoms with Crippen LogP contribution in [0.25, 0.3) is 0 Å². The molecule has 0 aliphatic rings. The van der Waals surface area contributed by atoms with E-state index in [1.807, 2.05) is 0 Å². The summed E-state index contributed by atoms with van der Waals surface area (Å²) in [6.07, 6.45) is 19.7. The van der Waals surface area contributed by atoms with Crippen LogP contribution in [0.15, 0.2) is 0 Å². The minimum atomic E-state index is -5.12. The number of unbranched alkanes of at least 4 members (excludes halogenated alkanes) is 16. The van der Waals surface area contributed by atoms with Crippen molar-refractivity contribution >= 4 is 20.3 Å². The van der Waals surface area contributed by atoms with E-state index in [2.05, 4.69) is 21.5 Å². The van der Waals surface area contributed by atoms with Gasteiger partial charge in [0.05, 0.1) is 21.0 Å². The zero-order valence-corrected chi connectivity index (χ0v) is 30.0. The number of carbonyl (C=O) groups is 2. The van der Waals surface area contributed by atoms with Crippen molar-refractivity contribution in [3.63, 3.8) is 0 Å². The Hall–Kier alpha value is 1.01. The van der Waals surface area contributed by atoms with Gasteiger partial charge in [0.1, 0.15) is 6.10 Å².